The minimum Gasteiger partial charge on any atom is -0.508 e. The van der Waals surface area contributed by atoms with Crippen molar-refractivity contribution in [3.05, 3.63) is 39.7 Å². The van der Waals surface area contributed by atoms with Crippen LogP contribution < -0.4 is 5.32 Å². The molecule has 16 heavy (non-hydrogen) atoms. The number of rotatable bonds is 2. The van der Waals surface area contributed by atoms with Crippen molar-refractivity contribution in [1.29, 1.82) is 0 Å². The number of nitrogens with zero attached hydrogens (tertiary/aromatic N) is 1. The van der Waals surface area contributed by atoms with Gasteiger partial charge in [0.15, 0.2) is 0 Å². The molecule has 1 aromatic heterocycles. The van der Waals surface area contributed by atoms with E-state index >= 15 is 0 Å². The zero-order valence-electron chi connectivity index (χ0n) is 9.16. The molecular weight excluding hydrogens is 315 g/mol. The highest BCUT2D eigenvalue weighted by Crippen LogP contribution is 2.25. The Bertz CT molecular complexity index is 502. The van der Waals surface area contributed by atoms with E-state index in [0.29, 0.717) is 0 Å². The first-order chi connectivity index (χ1) is 7.58. The molecule has 2 rings (SSSR count). The van der Waals surface area contributed by atoms with Crippen molar-refractivity contribution >= 4 is 34.0 Å². The quantitative estimate of drug-likeness (QED) is 0.655. The highest BCUT2D eigenvalue weighted by atomic mass is 127. The molecule has 0 atom stereocenters. The molecule has 0 saturated heterocycles. The molecule has 0 bridgehead atoms. The van der Waals surface area contributed by atoms with Gasteiger partial charge in [0.25, 0.3) is 0 Å². The minimum absolute atomic E-state index is 0.282. The van der Waals surface area contributed by atoms with E-state index in [-0.39, 0.29) is 5.75 Å². The number of halogens is 1. The van der Waals surface area contributed by atoms with Crippen LogP contribution in [0.4, 0.5) is 11.4 Å². The largest absolute Gasteiger partial charge is 0.508 e. The molecule has 0 aliphatic rings. The van der Waals surface area contributed by atoms with Crippen LogP contribution >= 0.6 is 22.6 Å². The summed E-state index contributed by atoms with van der Waals surface area (Å²) in [4.78, 5) is 0. The first-order valence-electron chi connectivity index (χ1n) is 4.96. The van der Waals surface area contributed by atoms with Gasteiger partial charge in [0.05, 0.1) is 9.39 Å². The molecule has 84 valence electrons. The Kier molecular flexibility index (Phi) is 3.09. The molecule has 4 heteroatoms. The van der Waals surface area contributed by atoms with Crippen molar-refractivity contribution in [3.63, 3.8) is 0 Å². The van der Waals surface area contributed by atoms with Gasteiger partial charge in [-0.25, -0.2) is 0 Å². The van der Waals surface area contributed by atoms with Crippen molar-refractivity contribution < 1.29 is 5.11 Å². The number of benzene rings is 1. The molecule has 0 saturated carbocycles. The van der Waals surface area contributed by atoms with E-state index in [1.165, 1.54) is 9.39 Å². The fraction of sp³-hybridized carbons (Fsp3) is 0.167. The van der Waals surface area contributed by atoms with Crippen LogP contribution in [-0.4, -0.2) is 9.67 Å². The zero-order valence-corrected chi connectivity index (χ0v) is 11.3. The summed E-state index contributed by atoms with van der Waals surface area (Å²) in [6.07, 6.45) is 0. The molecule has 0 spiro atoms. The van der Waals surface area contributed by atoms with Gasteiger partial charge in [-0.05, 0) is 59.8 Å². The molecule has 0 fully saturated rings. The number of aromatic hydroxyl groups is 1. The molecule has 0 amide bonds. The van der Waals surface area contributed by atoms with Gasteiger partial charge >= 0.3 is 0 Å². The lowest BCUT2D eigenvalue weighted by Crippen LogP contribution is -1.95. The fourth-order valence-electron chi connectivity index (χ4n) is 1.49. The molecule has 0 radical (unpaired) electrons. The van der Waals surface area contributed by atoms with Gasteiger partial charge in [-0.3, -0.25) is 0 Å². The van der Waals surface area contributed by atoms with Crippen LogP contribution in [0.2, 0.25) is 0 Å². The van der Waals surface area contributed by atoms with Crippen molar-refractivity contribution in [3.8, 4) is 5.75 Å². The topological polar surface area (TPSA) is 37.2 Å². The van der Waals surface area contributed by atoms with Crippen molar-refractivity contribution in [1.82, 2.24) is 4.57 Å². The summed E-state index contributed by atoms with van der Waals surface area (Å²) in [6.45, 7) is 2.07. The molecular formula is C12H13IN2O. The van der Waals surface area contributed by atoms with E-state index in [4.69, 9.17) is 0 Å². The molecule has 1 aromatic carbocycles. The van der Waals surface area contributed by atoms with Crippen LogP contribution in [0.25, 0.3) is 0 Å². The van der Waals surface area contributed by atoms with E-state index in [1.807, 2.05) is 19.2 Å². The lowest BCUT2D eigenvalue weighted by molar-refractivity contribution is 0.475. The summed E-state index contributed by atoms with van der Waals surface area (Å²) in [7, 11) is 2.04. The average Bonchev–Trinajstić information content (AvgIpc) is 2.50. The van der Waals surface area contributed by atoms with Crippen LogP contribution in [0.3, 0.4) is 0 Å². The Morgan fingerprint density at radius 3 is 2.38 bits per heavy atom. The highest BCUT2D eigenvalue weighted by Gasteiger charge is 2.06. The van der Waals surface area contributed by atoms with Crippen molar-refractivity contribution in [2.45, 2.75) is 6.92 Å². The molecule has 0 aliphatic heterocycles. The van der Waals surface area contributed by atoms with Gasteiger partial charge in [-0.2, -0.15) is 0 Å². The lowest BCUT2D eigenvalue weighted by Gasteiger charge is -2.06. The SMILES string of the molecule is Cc1c(Nc2ccc(O)cc2)cc(I)n1C. The van der Waals surface area contributed by atoms with Crippen LogP contribution in [0.5, 0.6) is 5.75 Å². The summed E-state index contributed by atoms with van der Waals surface area (Å²) in [5, 5.41) is 12.5. The number of hydrogen-bond acceptors (Lipinski definition) is 2. The molecule has 1 heterocycles. The normalized spacial score (nSPS) is 10.4. The second-order valence-electron chi connectivity index (χ2n) is 3.70. The Morgan fingerprint density at radius 1 is 1.25 bits per heavy atom. The van der Waals surface area contributed by atoms with Gasteiger partial charge in [0.2, 0.25) is 0 Å². The standard InChI is InChI=1S/C12H13IN2O/c1-8-11(7-12(13)15(8)2)14-9-3-5-10(16)6-4-9/h3-7,14,16H,1-2H3. The smallest absolute Gasteiger partial charge is 0.115 e. The number of anilines is 2. The van der Waals surface area contributed by atoms with Gasteiger partial charge < -0.3 is 15.0 Å². The van der Waals surface area contributed by atoms with Crippen LogP contribution in [0.1, 0.15) is 5.69 Å². The summed E-state index contributed by atoms with van der Waals surface area (Å²) < 4.78 is 3.32. The number of phenols is 1. The lowest BCUT2D eigenvalue weighted by atomic mass is 10.3. The third-order valence-corrected chi connectivity index (χ3v) is 3.66. The van der Waals surface area contributed by atoms with Gasteiger partial charge in [-0.15, -0.1) is 0 Å². The Balaban J connectivity index is 2.27. The predicted molar refractivity (Wildman–Crippen MR) is 74.3 cm³/mol. The maximum absolute atomic E-state index is 9.19. The average molecular weight is 328 g/mol. The van der Waals surface area contributed by atoms with E-state index in [1.54, 1.807) is 12.1 Å². The monoisotopic (exact) mass is 328 g/mol. The first-order valence-corrected chi connectivity index (χ1v) is 6.03. The number of nitrogens with one attached hydrogen (secondary N) is 1. The van der Waals surface area contributed by atoms with Crippen LogP contribution in [0, 0.1) is 10.6 Å². The molecule has 0 unspecified atom stereocenters. The van der Waals surface area contributed by atoms with Gasteiger partial charge in [0, 0.05) is 18.4 Å². The highest BCUT2D eigenvalue weighted by molar-refractivity contribution is 14.1. The fourth-order valence-corrected chi connectivity index (χ4v) is 2.16. The Labute approximate surface area is 108 Å². The van der Waals surface area contributed by atoms with Crippen molar-refractivity contribution in [2.75, 3.05) is 5.32 Å². The molecule has 2 N–H and O–H groups in total. The summed E-state index contributed by atoms with van der Waals surface area (Å²) in [6, 6.07) is 9.16. The van der Waals surface area contributed by atoms with E-state index < -0.39 is 0 Å². The Morgan fingerprint density at radius 2 is 1.88 bits per heavy atom. The van der Waals surface area contributed by atoms with Gasteiger partial charge in [-0.1, -0.05) is 0 Å². The maximum atomic E-state index is 9.19. The zero-order chi connectivity index (χ0) is 11.7. The summed E-state index contributed by atoms with van der Waals surface area (Å²) in [5.74, 6) is 0.282. The predicted octanol–water partition coefficient (Wildman–Crippen LogP) is 3.39. The first kappa shape index (κ1) is 11.3. The summed E-state index contributed by atoms with van der Waals surface area (Å²) in [5.41, 5.74) is 3.26. The maximum Gasteiger partial charge on any atom is 0.115 e. The van der Waals surface area contributed by atoms with Crippen LogP contribution in [0.15, 0.2) is 30.3 Å². The second kappa shape index (κ2) is 4.37. The van der Waals surface area contributed by atoms with Crippen LogP contribution in [-0.2, 0) is 7.05 Å². The number of aromatic nitrogens is 1. The molecule has 2 aromatic rings. The minimum atomic E-state index is 0.282. The molecule has 0 aliphatic carbocycles. The third kappa shape index (κ3) is 2.16. The number of hydrogen-bond donors (Lipinski definition) is 2. The van der Waals surface area contributed by atoms with Gasteiger partial charge in [0.1, 0.15) is 5.75 Å². The van der Waals surface area contributed by atoms with Crippen molar-refractivity contribution in [2.24, 2.45) is 7.05 Å². The van der Waals surface area contributed by atoms with E-state index in [0.717, 1.165) is 11.4 Å². The molecule has 3 nitrogen and oxygen atoms in total. The van der Waals surface area contributed by atoms with E-state index in [2.05, 4.69) is 45.5 Å². The Hall–Kier alpha value is -1.17. The third-order valence-electron chi connectivity index (χ3n) is 2.62. The second-order valence-corrected chi connectivity index (χ2v) is 4.80. The van der Waals surface area contributed by atoms with E-state index in [9.17, 15) is 5.11 Å². The number of phenolic OH excluding ortho intramolecular Hbond substituents is 1. The summed E-state index contributed by atoms with van der Waals surface area (Å²) >= 11 is 2.30.